The molecule has 1 aliphatic heterocycles. The Kier molecular flexibility index (Phi) is 3.47. The van der Waals surface area contributed by atoms with Crippen molar-refractivity contribution in [2.24, 2.45) is 0 Å². The van der Waals surface area contributed by atoms with E-state index in [4.69, 9.17) is 9.72 Å². The Bertz CT molecular complexity index is 914. The molecule has 0 amide bonds. The van der Waals surface area contributed by atoms with Crippen molar-refractivity contribution in [3.8, 4) is 0 Å². The molecule has 5 heteroatoms. The van der Waals surface area contributed by atoms with E-state index in [1.54, 1.807) is 6.20 Å². The van der Waals surface area contributed by atoms with Gasteiger partial charge < -0.3 is 9.72 Å². The molecule has 4 nitrogen and oxygen atoms in total. The Labute approximate surface area is 135 Å². The van der Waals surface area contributed by atoms with Crippen molar-refractivity contribution in [3.63, 3.8) is 0 Å². The monoisotopic (exact) mass is 358 g/mol. The van der Waals surface area contributed by atoms with Crippen LogP contribution in [0, 0.1) is 0 Å². The van der Waals surface area contributed by atoms with Crippen molar-refractivity contribution in [1.82, 2.24) is 9.97 Å². The smallest absolute Gasteiger partial charge is 0.258 e. The van der Waals surface area contributed by atoms with Crippen molar-refractivity contribution in [2.45, 2.75) is 18.8 Å². The quantitative estimate of drug-likeness (QED) is 0.674. The molecule has 1 saturated heterocycles. The zero-order chi connectivity index (χ0) is 15.1. The van der Waals surface area contributed by atoms with Gasteiger partial charge in [0.25, 0.3) is 5.56 Å². The van der Waals surface area contributed by atoms with E-state index >= 15 is 0 Å². The van der Waals surface area contributed by atoms with Gasteiger partial charge in [-0.3, -0.25) is 9.78 Å². The minimum atomic E-state index is -0.0911. The molecule has 112 valence electrons. The van der Waals surface area contributed by atoms with Crippen molar-refractivity contribution >= 4 is 37.6 Å². The van der Waals surface area contributed by atoms with E-state index in [1.807, 2.05) is 18.2 Å². The van der Waals surface area contributed by atoms with Gasteiger partial charge in [-0.05, 0) is 36.4 Å². The predicted octanol–water partition coefficient (Wildman–Crippen LogP) is 3.73. The molecule has 4 rings (SSSR count). The number of fused-ring (bicyclic) bond motifs is 3. The van der Waals surface area contributed by atoms with Crippen LogP contribution in [0.5, 0.6) is 0 Å². The summed E-state index contributed by atoms with van der Waals surface area (Å²) in [7, 11) is 0. The molecule has 3 aromatic rings. The highest BCUT2D eigenvalue weighted by molar-refractivity contribution is 9.10. The van der Waals surface area contributed by atoms with Crippen LogP contribution < -0.4 is 5.56 Å². The van der Waals surface area contributed by atoms with Crippen molar-refractivity contribution in [3.05, 3.63) is 51.0 Å². The average molecular weight is 359 g/mol. The minimum Gasteiger partial charge on any atom is -0.381 e. The number of hydrogen-bond donors (Lipinski definition) is 1. The van der Waals surface area contributed by atoms with Crippen molar-refractivity contribution in [1.29, 1.82) is 0 Å². The van der Waals surface area contributed by atoms with Crippen molar-refractivity contribution < 1.29 is 4.74 Å². The maximum Gasteiger partial charge on any atom is 0.258 e. The van der Waals surface area contributed by atoms with Crippen LogP contribution in [0.3, 0.4) is 0 Å². The second kappa shape index (κ2) is 5.48. The highest BCUT2D eigenvalue weighted by Gasteiger charge is 2.21. The molecule has 1 fully saturated rings. The first kappa shape index (κ1) is 13.9. The molecule has 1 aliphatic rings. The van der Waals surface area contributed by atoms with Crippen LogP contribution in [0.25, 0.3) is 21.7 Å². The SMILES string of the molecule is O=c1[nH]ccc2nc(C3CCOCC3)c3ccc(Br)cc3c12. The lowest BCUT2D eigenvalue weighted by atomic mass is 9.91. The normalized spacial score (nSPS) is 16.4. The first-order chi connectivity index (χ1) is 10.7. The number of aromatic nitrogens is 2. The third kappa shape index (κ3) is 2.25. The summed E-state index contributed by atoms with van der Waals surface area (Å²) in [5.74, 6) is 0.390. The van der Waals surface area contributed by atoms with E-state index < -0.39 is 0 Å². The second-order valence-electron chi connectivity index (χ2n) is 5.64. The molecule has 0 unspecified atom stereocenters. The molecular formula is C17H15BrN2O2. The highest BCUT2D eigenvalue weighted by Crippen LogP contribution is 2.34. The molecule has 0 radical (unpaired) electrons. The van der Waals surface area contributed by atoms with Crippen LogP contribution in [-0.2, 0) is 4.74 Å². The summed E-state index contributed by atoms with van der Waals surface area (Å²) in [6.07, 6.45) is 3.62. The van der Waals surface area contributed by atoms with E-state index in [0.29, 0.717) is 11.3 Å². The number of H-pyrrole nitrogens is 1. The molecule has 3 heterocycles. The van der Waals surface area contributed by atoms with Gasteiger partial charge >= 0.3 is 0 Å². The topological polar surface area (TPSA) is 55.0 Å². The fourth-order valence-electron chi connectivity index (χ4n) is 3.24. The summed E-state index contributed by atoms with van der Waals surface area (Å²) in [5.41, 5.74) is 1.76. The molecule has 2 aromatic heterocycles. The summed E-state index contributed by atoms with van der Waals surface area (Å²) >= 11 is 3.51. The third-order valence-corrected chi connectivity index (χ3v) is 4.81. The molecule has 0 bridgehead atoms. The maximum absolute atomic E-state index is 12.3. The second-order valence-corrected chi connectivity index (χ2v) is 6.56. The number of pyridine rings is 2. The van der Waals surface area contributed by atoms with Gasteiger partial charge in [-0.15, -0.1) is 0 Å². The molecule has 22 heavy (non-hydrogen) atoms. The fourth-order valence-corrected chi connectivity index (χ4v) is 3.60. The van der Waals surface area contributed by atoms with Crippen LogP contribution in [0.15, 0.2) is 39.7 Å². The van der Waals surface area contributed by atoms with E-state index in [-0.39, 0.29) is 5.56 Å². The Morgan fingerprint density at radius 2 is 2.00 bits per heavy atom. The van der Waals surface area contributed by atoms with Crippen LogP contribution in [0.1, 0.15) is 24.5 Å². The lowest BCUT2D eigenvalue weighted by Crippen LogP contribution is -2.16. The summed E-state index contributed by atoms with van der Waals surface area (Å²) in [6, 6.07) is 7.95. The van der Waals surface area contributed by atoms with Gasteiger partial charge in [0.2, 0.25) is 0 Å². The Hall–Kier alpha value is -1.72. The molecule has 0 aliphatic carbocycles. The van der Waals surface area contributed by atoms with Crippen molar-refractivity contribution in [2.75, 3.05) is 13.2 Å². The lowest BCUT2D eigenvalue weighted by Gasteiger charge is -2.23. The number of nitrogens with zero attached hydrogens (tertiary/aromatic N) is 1. The van der Waals surface area contributed by atoms with Crippen LogP contribution in [0.4, 0.5) is 0 Å². The molecule has 0 spiro atoms. The zero-order valence-corrected chi connectivity index (χ0v) is 13.5. The standard InChI is InChI=1S/C17H15BrN2O2/c18-11-1-2-12-13(9-11)15-14(3-6-19-17(15)21)20-16(12)10-4-7-22-8-5-10/h1-3,6,9-10H,4-5,7-8H2,(H,19,21). The number of hydrogen-bond acceptors (Lipinski definition) is 3. The maximum atomic E-state index is 12.3. The van der Waals surface area contributed by atoms with E-state index in [1.165, 1.54) is 0 Å². The molecule has 0 saturated carbocycles. The van der Waals surface area contributed by atoms with E-state index in [0.717, 1.165) is 52.5 Å². The van der Waals surface area contributed by atoms with Crippen LogP contribution in [-0.4, -0.2) is 23.2 Å². The summed E-state index contributed by atoms with van der Waals surface area (Å²) < 4.78 is 6.44. The predicted molar refractivity (Wildman–Crippen MR) is 90.4 cm³/mol. The molecular weight excluding hydrogens is 344 g/mol. The Morgan fingerprint density at radius 1 is 1.18 bits per heavy atom. The number of nitrogens with one attached hydrogen (secondary N) is 1. The number of halogens is 1. The molecule has 1 N–H and O–H groups in total. The van der Waals surface area contributed by atoms with Gasteiger partial charge in [0.15, 0.2) is 0 Å². The minimum absolute atomic E-state index is 0.0911. The van der Waals surface area contributed by atoms with Gasteiger partial charge in [0, 0.05) is 35.2 Å². The third-order valence-electron chi connectivity index (χ3n) is 4.31. The zero-order valence-electron chi connectivity index (χ0n) is 11.9. The summed E-state index contributed by atoms with van der Waals surface area (Å²) in [6.45, 7) is 1.55. The molecule has 0 atom stereocenters. The van der Waals surface area contributed by atoms with Gasteiger partial charge in [-0.2, -0.15) is 0 Å². The number of rotatable bonds is 1. The lowest BCUT2D eigenvalue weighted by molar-refractivity contribution is 0.0849. The van der Waals surface area contributed by atoms with Crippen LogP contribution in [0.2, 0.25) is 0 Å². The van der Waals surface area contributed by atoms with Gasteiger partial charge in [0.05, 0.1) is 16.6 Å². The van der Waals surface area contributed by atoms with Gasteiger partial charge in [-0.1, -0.05) is 22.0 Å². The Morgan fingerprint density at radius 3 is 2.82 bits per heavy atom. The summed E-state index contributed by atoms with van der Waals surface area (Å²) in [5, 5.41) is 2.69. The molecule has 1 aromatic carbocycles. The van der Waals surface area contributed by atoms with Gasteiger partial charge in [-0.25, -0.2) is 0 Å². The fraction of sp³-hybridized carbons (Fsp3) is 0.294. The number of aromatic amines is 1. The average Bonchev–Trinajstić information content (AvgIpc) is 2.54. The van der Waals surface area contributed by atoms with E-state index in [2.05, 4.69) is 27.0 Å². The first-order valence-corrected chi connectivity index (χ1v) is 8.21. The first-order valence-electron chi connectivity index (χ1n) is 7.42. The highest BCUT2D eigenvalue weighted by atomic mass is 79.9. The number of ether oxygens (including phenoxy) is 1. The van der Waals surface area contributed by atoms with Gasteiger partial charge in [0.1, 0.15) is 0 Å². The van der Waals surface area contributed by atoms with E-state index in [9.17, 15) is 4.79 Å². The largest absolute Gasteiger partial charge is 0.381 e. The van der Waals surface area contributed by atoms with Crippen LogP contribution >= 0.6 is 15.9 Å². The Balaban J connectivity index is 2.09. The number of benzene rings is 1. The summed E-state index contributed by atoms with van der Waals surface area (Å²) in [4.78, 5) is 19.8.